The van der Waals surface area contributed by atoms with Gasteiger partial charge in [-0.25, -0.2) is 4.98 Å². The van der Waals surface area contributed by atoms with E-state index in [9.17, 15) is 14.7 Å². The Morgan fingerprint density at radius 1 is 1.37 bits per heavy atom. The maximum absolute atomic E-state index is 11.2. The van der Waals surface area contributed by atoms with E-state index in [1.54, 1.807) is 4.57 Å². The Morgan fingerprint density at radius 2 is 2.11 bits per heavy atom. The van der Waals surface area contributed by atoms with Crippen LogP contribution in [0.4, 0.5) is 5.95 Å². The minimum atomic E-state index is -0.755. The molecule has 1 aliphatic heterocycles. The lowest BCUT2D eigenvalue weighted by Crippen LogP contribution is -2.29. The molecule has 1 saturated heterocycles. The fourth-order valence-electron chi connectivity index (χ4n) is 2.98. The molecule has 1 fully saturated rings. The fraction of sp³-hybridized carbons (Fsp3) is 0.562. The summed E-state index contributed by atoms with van der Waals surface area (Å²) in [6.45, 7) is 4.83. The molecule has 11 heteroatoms. The Hall–Kier alpha value is -2.30. The van der Waals surface area contributed by atoms with Crippen molar-refractivity contribution in [2.45, 2.75) is 45.6 Å². The van der Waals surface area contributed by atoms with Gasteiger partial charge in [-0.15, -0.1) is 0 Å². The van der Waals surface area contributed by atoms with E-state index in [-0.39, 0.29) is 36.1 Å². The lowest BCUT2D eigenvalue weighted by Gasteiger charge is -2.16. The van der Waals surface area contributed by atoms with Gasteiger partial charge in [0.2, 0.25) is 11.9 Å². The van der Waals surface area contributed by atoms with E-state index in [1.165, 1.54) is 20.2 Å². The van der Waals surface area contributed by atoms with Crippen LogP contribution in [0.5, 0.6) is 0 Å². The number of carbonyl (C=O) groups is 2. The molecule has 0 aliphatic carbocycles. The first-order chi connectivity index (χ1) is 12.8. The van der Waals surface area contributed by atoms with Gasteiger partial charge in [-0.2, -0.15) is 9.97 Å². The van der Waals surface area contributed by atoms with E-state index >= 15 is 0 Å². The van der Waals surface area contributed by atoms with Crippen LogP contribution in [-0.4, -0.2) is 61.4 Å². The Kier molecular flexibility index (Phi) is 5.59. The molecule has 2 N–H and O–H groups in total. The zero-order chi connectivity index (χ0) is 19.7. The predicted octanol–water partition coefficient (Wildman–Crippen LogP) is 0.766. The number of aliphatic hydroxyl groups is 1. The third-order valence-corrected chi connectivity index (χ3v) is 4.66. The number of carbonyl (C=O) groups excluding carboxylic acids is 2. The van der Waals surface area contributed by atoms with Gasteiger partial charge in [-0.05, 0) is 0 Å². The number of nitrogens with one attached hydrogen (secondary N) is 1. The van der Waals surface area contributed by atoms with E-state index in [0.29, 0.717) is 11.2 Å². The maximum atomic E-state index is 11.2. The van der Waals surface area contributed by atoms with Crippen LogP contribution in [0.15, 0.2) is 6.33 Å². The third kappa shape index (κ3) is 4.18. The van der Waals surface area contributed by atoms with Gasteiger partial charge in [0.25, 0.3) is 0 Å². The van der Waals surface area contributed by atoms with Crippen LogP contribution >= 0.6 is 11.6 Å². The highest BCUT2D eigenvalue weighted by atomic mass is 35.5. The number of aliphatic hydroxyl groups excluding tert-OH is 1. The largest absolute Gasteiger partial charge is 0.463 e. The molecule has 1 unspecified atom stereocenters. The number of esters is 1. The first-order valence-electron chi connectivity index (χ1n) is 8.39. The van der Waals surface area contributed by atoms with Gasteiger partial charge < -0.3 is 19.1 Å². The molecule has 10 nitrogen and oxygen atoms in total. The number of ether oxygens (including phenoxy) is 2. The molecule has 0 radical (unpaired) electrons. The Labute approximate surface area is 159 Å². The summed E-state index contributed by atoms with van der Waals surface area (Å²) >= 11 is 6.11. The Bertz CT molecular complexity index is 872. The van der Waals surface area contributed by atoms with Crippen molar-refractivity contribution in [3.8, 4) is 0 Å². The molecule has 0 aromatic carbocycles. The van der Waals surface area contributed by atoms with Crippen molar-refractivity contribution in [3.63, 3.8) is 0 Å². The standard InChI is InChI=1S/C16H20ClN5O5/c1-7-11(5-26-9(3)24)27-10(13(7)25)4-22-6-18-12-14(17)20-16(19-8(2)23)21-15(12)22/h6-7,10-11,13,25H,4-5H2,1-3H3,(H,19,20,21,23)/t7-,10?,11+,13+/m0/s1. The van der Waals surface area contributed by atoms with Gasteiger partial charge in [-0.1, -0.05) is 18.5 Å². The summed E-state index contributed by atoms with van der Waals surface area (Å²) in [5.74, 6) is -0.873. The van der Waals surface area contributed by atoms with Gasteiger partial charge in [0.15, 0.2) is 10.8 Å². The second kappa shape index (κ2) is 7.75. The van der Waals surface area contributed by atoms with E-state index < -0.39 is 24.3 Å². The molecular formula is C16H20ClN5O5. The van der Waals surface area contributed by atoms with Crippen molar-refractivity contribution in [2.75, 3.05) is 11.9 Å². The molecule has 1 amide bonds. The van der Waals surface area contributed by atoms with Crippen molar-refractivity contribution in [3.05, 3.63) is 11.5 Å². The van der Waals surface area contributed by atoms with Crippen LogP contribution in [0, 0.1) is 5.92 Å². The van der Waals surface area contributed by atoms with Crippen molar-refractivity contribution in [1.29, 1.82) is 0 Å². The molecule has 3 rings (SSSR count). The highest BCUT2D eigenvalue weighted by Gasteiger charge is 2.41. The van der Waals surface area contributed by atoms with Crippen LogP contribution in [0.2, 0.25) is 5.15 Å². The van der Waals surface area contributed by atoms with E-state index in [1.807, 2.05) is 6.92 Å². The smallest absolute Gasteiger partial charge is 0.302 e. The number of nitrogens with zero attached hydrogens (tertiary/aromatic N) is 4. The lowest BCUT2D eigenvalue weighted by atomic mass is 9.99. The third-order valence-electron chi connectivity index (χ3n) is 4.39. The number of fused-ring (bicyclic) bond motifs is 1. The molecule has 3 heterocycles. The lowest BCUT2D eigenvalue weighted by molar-refractivity contribution is -0.145. The molecular weight excluding hydrogens is 378 g/mol. The Morgan fingerprint density at radius 3 is 2.78 bits per heavy atom. The van der Waals surface area contributed by atoms with Gasteiger partial charge in [0, 0.05) is 19.8 Å². The Balaban J connectivity index is 1.80. The summed E-state index contributed by atoms with van der Waals surface area (Å²) in [6.07, 6.45) is -0.189. The van der Waals surface area contributed by atoms with Gasteiger partial charge in [0.1, 0.15) is 18.2 Å². The van der Waals surface area contributed by atoms with Crippen LogP contribution in [0.3, 0.4) is 0 Å². The van der Waals surface area contributed by atoms with Gasteiger partial charge in [0.05, 0.1) is 25.1 Å². The number of anilines is 1. The maximum Gasteiger partial charge on any atom is 0.302 e. The number of hydrogen-bond acceptors (Lipinski definition) is 8. The normalized spacial score (nSPS) is 24.9. The minimum Gasteiger partial charge on any atom is -0.463 e. The summed E-state index contributed by atoms with van der Waals surface area (Å²) in [7, 11) is 0. The SMILES string of the molecule is CC(=O)Nc1nc(Cl)c2ncn(CC3O[C@H](COC(C)=O)[C@H](C)[C@H]3O)c2n1. The van der Waals surface area contributed by atoms with Crippen LogP contribution < -0.4 is 5.32 Å². The molecule has 1 aliphatic rings. The molecule has 2 aromatic rings. The van der Waals surface area contributed by atoms with Crippen LogP contribution in [0.1, 0.15) is 20.8 Å². The number of aromatic nitrogens is 4. The zero-order valence-electron chi connectivity index (χ0n) is 15.0. The average molecular weight is 398 g/mol. The van der Waals surface area contributed by atoms with E-state index in [4.69, 9.17) is 21.1 Å². The summed E-state index contributed by atoms with van der Waals surface area (Å²) in [6, 6.07) is 0. The molecule has 4 atom stereocenters. The number of rotatable bonds is 5. The monoisotopic (exact) mass is 397 g/mol. The quantitative estimate of drug-likeness (QED) is 0.559. The zero-order valence-corrected chi connectivity index (χ0v) is 15.8. The van der Waals surface area contributed by atoms with E-state index in [0.717, 1.165) is 0 Å². The summed E-state index contributed by atoms with van der Waals surface area (Å²) in [5, 5.41) is 13.1. The molecule has 0 bridgehead atoms. The topological polar surface area (TPSA) is 128 Å². The molecule has 146 valence electrons. The molecule has 0 spiro atoms. The van der Waals surface area contributed by atoms with Crippen LogP contribution in [-0.2, 0) is 25.6 Å². The summed E-state index contributed by atoms with van der Waals surface area (Å²) < 4.78 is 12.5. The molecule has 2 aromatic heterocycles. The number of halogens is 1. The van der Waals surface area contributed by atoms with Crippen molar-refractivity contribution in [1.82, 2.24) is 19.5 Å². The second-order valence-corrected chi connectivity index (χ2v) is 6.81. The number of amides is 1. The van der Waals surface area contributed by atoms with Gasteiger partial charge in [-0.3, -0.25) is 14.9 Å². The van der Waals surface area contributed by atoms with Gasteiger partial charge >= 0.3 is 5.97 Å². The molecule has 0 saturated carbocycles. The minimum absolute atomic E-state index is 0.0655. The summed E-state index contributed by atoms with van der Waals surface area (Å²) in [5.41, 5.74) is 0.786. The van der Waals surface area contributed by atoms with Crippen molar-refractivity contribution >= 4 is 40.6 Å². The molecule has 27 heavy (non-hydrogen) atoms. The highest BCUT2D eigenvalue weighted by Crippen LogP contribution is 2.29. The average Bonchev–Trinajstić information content (AvgIpc) is 3.09. The summed E-state index contributed by atoms with van der Waals surface area (Å²) in [4.78, 5) is 34.7. The number of imidazole rings is 1. The highest BCUT2D eigenvalue weighted by molar-refractivity contribution is 6.33. The van der Waals surface area contributed by atoms with Crippen molar-refractivity contribution < 1.29 is 24.2 Å². The second-order valence-electron chi connectivity index (χ2n) is 6.45. The number of hydrogen-bond donors (Lipinski definition) is 2. The predicted molar refractivity (Wildman–Crippen MR) is 95.1 cm³/mol. The van der Waals surface area contributed by atoms with Crippen molar-refractivity contribution in [2.24, 2.45) is 5.92 Å². The first kappa shape index (κ1) is 19.5. The van der Waals surface area contributed by atoms with E-state index in [2.05, 4.69) is 20.3 Å². The van der Waals surface area contributed by atoms with Crippen LogP contribution in [0.25, 0.3) is 11.2 Å². The first-order valence-corrected chi connectivity index (χ1v) is 8.77. The fourth-order valence-corrected chi connectivity index (χ4v) is 3.19.